The van der Waals surface area contributed by atoms with Gasteiger partial charge < -0.3 is 15.7 Å². The minimum absolute atomic E-state index is 0.0729. The first-order valence-electron chi connectivity index (χ1n) is 5.76. The highest BCUT2D eigenvalue weighted by molar-refractivity contribution is 4.82. The summed E-state index contributed by atoms with van der Waals surface area (Å²) in [5, 5.41) is 9.10. The molecule has 1 saturated heterocycles. The highest BCUT2D eigenvalue weighted by atomic mass is 16.3. The zero-order valence-corrected chi connectivity index (χ0v) is 9.34. The number of aliphatic hydroxyl groups excluding tert-OH is 1. The van der Waals surface area contributed by atoms with Crippen LogP contribution >= 0.6 is 0 Å². The van der Waals surface area contributed by atoms with Crippen LogP contribution in [0.1, 0.15) is 39.0 Å². The van der Waals surface area contributed by atoms with E-state index in [9.17, 15) is 0 Å². The molecular weight excluding hydrogens is 176 g/mol. The third-order valence-corrected chi connectivity index (χ3v) is 2.89. The molecule has 1 aliphatic heterocycles. The van der Waals surface area contributed by atoms with E-state index in [0.717, 1.165) is 19.6 Å². The van der Waals surface area contributed by atoms with Crippen LogP contribution in [0.25, 0.3) is 0 Å². The lowest BCUT2D eigenvalue weighted by Gasteiger charge is -2.32. The molecule has 0 aliphatic carbocycles. The van der Waals surface area contributed by atoms with Gasteiger partial charge in [-0.1, -0.05) is 19.3 Å². The van der Waals surface area contributed by atoms with Crippen LogP contribution in [0.2, 0.25) is 0 Å². The molecule has 14 heavy (non-hydrogen) atoms. The summed E-state index contributed by atoms with van der Waals surface area (Å²) >= 11 is 0. The summed E-state index contributed by atoms with van der Waals surface area (Å²) < 4.78 is 0. The molecular formula is C11H24N2O. The minimum atomic E-state index is -0.431. The van der Waals surface area contributed by atoms with E-state index >= 15 is 0 Å². The number of likely N-dealkylation sites (tertiary alicyclic amines) is 1. The molecule has 0 aromatic carbocycles. The first-order valence-corrected chi connectivity index (χ1v) is 5.76. The highest BCUT2D eigenvalue weighted by Gasteiger charge is 2.21. The van der Waals surface area contributed by atoms with Crippen LogP contribution in [0.5, 0.6) is 0 Å². The summed E-state index contributed by atoms with van der Waals surface area (Å²) in [5.74, 6) is 0. The van der Waals surface area contributed by atoms with Crippen molar-refractivity contribution in [1.29, 1.82) is 0 Å². The third-order valence-electron chi connectivity index (χ3n) is 2.89. The zero-order valence-electron chi connectivity index (χ0n) is 9.34. The topological polar surface area (TPSA) is 49.5 Å². The molecule has 0 aromatic rings. The maximum absolute atomic E-state index is 9.10. The number of hydrogen-bond acceptors (Lipinski definition) is 3. The van der Waals surface area contributed by atoms with Crippen molar-refractivity contribution in [1.82, 2.24) is 4.90 Å². The van der Waals surface area contributed by atoms with E-state index in [0.29, 0.717) is 0 Å². The van der Waals surface area contributed by atoms with Gasteiger partial charge in [0.1, 0.15) is 0 Å². The maximum atomic E-state index is 9.10. The summed E-state index contributed by atoms with van der Waals surface area (Å²) in [6.45, 7) is 5.11. The fraction of sp³-hybridized carbons (Fsp3) is 1.00. The predicted octanol–water partition coefficient (Wildman–Crippen LogP) is 0.962. The molecule has 1 fully saturated rings. The van der Waals surface area contributed by atoms with Crippen molar-refractivity contribution >= 4 is 0 Å². The standard InChI is InChI=1S/C11H24N2O/c1-11(12,10-14)9-13-7-5-3-2-4-6-8-13/h14H,2-10,12H2,1H3. The molecule has 1 rings (SSSR count). The first-order chi connectivity index (χ1) is 6.64. The van der Waals surface area contributed by atoms with E-state index < -0.39 is 5.54 Å². The Balaban J connectivity index is 2.33. The molecule has 0 saturated carbocycles. The van der Waals surface area contributed by atoms with E-state index in [-0.39, 0.29) is 6.61 Å². The van der Waals surface area contributed by atoms with Gasteiger partial charge in [0.25, 0.3) is 0 Å². The molecule has 1 unspecified atom stereocenters. The summed E-state index contributed by atoms with van der Waals surface area (Å²) in [5.41, 5.74) is 5.51. The Morgan fingerprint density at radius 1 is 1.14 bits per heavy atom. The lowest BCUT2D eigenvalue weighted by molar-refractivity contribution is 0.141. The fourth-order valence-electron chi connectivity index (χ4n) is 2.03. The van der Waals surface area contributed by atoms with Crippen LogP contribution in [0.4, 0.5) is 0 Å². The van der Waals surface area contributed by atoms with Gasteiger partial charge in [-0.05, 0) is 32.9 Å². The predicted molar refractivity (Wildman–Crippen MR) is 59.2 cm³/mol. The summed E-state index contributed by atoms with van der Waals surface area (Å²) in [6, 6.07) is 0. The van der Waals surface area contributed by atoms with Gasteiger partial charge in [-0.15, -0.1) is 0 Å². The highest BCUT2D eigenvalue weighted by Crippen LogP contribution is 2.12. The third kappa shape index (κ3) is 4.40. The van der Waals surface area contributed by atoms with Crippen molar-refractivity contribution < 1.29 is 5.11 Å². The zero-order chi connectivity index (χ0) is 10.4. The molecule has 0 aromatic heterocycles. The lowest BCUT2D eigenvalue weighted by atomic mass is 10.0. The molecule has 0 amide bonds. The first kappa shape index (κ1) is 12.0. The van der Waals surface area contributed by atoms with Crippen molar-refractivity contribution in [3.05, 3.63) is 0 Å². The van der Waals surface area contributed by atoms with Crippen LogP contribution < -0.4 is 5.73 Å². The Labute approximate surface area is 87.3 Å². The van der Waals surface area contributed by atoms with Gasteiger partial charge in [0.05, 0.1) is 6.61 Å². The van der Waals surface area contributed by atoms with E-state index in [1.807, 2.05) is 6.92 Å². The Kier molecular flexibility index (Phi) is 4.85. The van der Waals surface area contributed by atoms with Gasteiger partial charge in [-0.25, -0.2) is 0 Å². The molecule has 84 valence electrons. The van der Waals surface area contributed by atoms with Crippen LogP contribution in [0.15, 0.2) is 0 Å². The SMILES string of the molecule is CC(N)(CO)CN1CCCCCCC1. The number of nitrogens with zero attached hydrogens (tertiary/aromatic N) is 1. The van der Waals surface area contributed by atoms with Crippen LogP contribution in [0, 0.1) is 0 Å². The second kappa shape index (κ2) is 5.69. The average molecular weight is 200 g/mol. The Bertz CT molecular complexity index is 151. The van der Waals surface area contributed by atoms with E-state index in [1.54, 1.807) is 0 Å². The number of aliphatic hydroxyl groups is 1. The smallest absolute Gasteiger partial charge is 0.0621 e. The van der Waals surface area contributed by atoms with Crippen molar-refractivity contribution in [2.45, 2.75) is 44.6 Å². The molecule has 0 radical (unpaired) electrons. The maximum Gasteiger partial charge on any atom is 0.0621 e. The van der Waals surface area contributed by atoms with Gasteiger partial charge in [-0.2, -0.15) is 0 Å². The monoisotopic (exact) mass is 200 g/mol. The Morgan fingerprint density at radius 3 is 2.14 bits per heavy atom. The van der Waals surface area contributed by atoms with Gasteiger partial charge in [-0.3, -0.25) is 0 Å². The normalized spacial score (nSPS) is 25.1. The van der Waals surface area contributed by atoms with Gasteiger partial charge >= 0.3 is 0 Å². The lowest BCUT2D eigenvalue weighted by Crippen LogP contribution is -2.51. The molecule has 1 aliphatic rings. The van der Waals surface area contributed by atoms with Crippen LogP contribution in [0.3, 0.4) is 0 Å². The van der Waals surface area contributed by atoms with E-state index in [4.69, 9.17) is 10.8 Å². The van der Waals surface area contributed by atoms with Crippen molar-refractivity contribution in [3.8, 4) is 0 Å². The van der Waals surface area contributed by atoms with Crippen LogP contribution in [-0.4, -0.2) is 41.8 Å². The second-order valence-electron chi connectivity index (χ2n) is 4.86. The number of rotatable bonds is 3. The second-order valence-corrected chi connectivity index (χ2v) is 4.86. The Morgan fingerprint density at radius 2 is 1.64 bits per heavy atom. The summed E-state index contributed by atoms with van der Waals surface area (Å²) in [6.07, 6.45) is 6.63. The van der Waals surface area contributed by atoms with Crippen molar-refractivity contribution in [2.24, 2.45) is 5.73 Å². The molecule has 0 bridgehead atoms. The van der Waals surface area contributed by atoms with Crippen LogP contribution in [-0.2, 0) is 0 Å². The van der Waals surface area contributed by atoms with Gasteiger partial charge in [0, 0.05) is 12.1 Å². The van der Waals surface area contributed by atoms with Gasteiger partial charge in [0.2, 0.25) is 0 Å². The Hall–Kier alpha value is -0.120. The molecule has 1 heterocycles. The average Bonchev–Trinajstić information content (AvgIpc) is 2.10. The molecule has 3 heteroatoms. The van der Waals surface area contributed by atoms with Crippen molar-refractivity contribution in [2.75, 3.05) is 26.2 Å². The van der Waals surface area contributed by atoms with E-state index in [1.165, 1.54) is 32.1 Å². The number of hydrogen-bond donors (Lipinski definition) is 2. The molecule has 3 nitrogen and oxygen atoms in total. The molecule has 3 N–H and O–H groups in total. The largest absolute Gasteiger partial charge is 0.394 e. The summed E-state index contributed by atoms with van der Waals surface area (Å²) in [4.78, 5) is 2.40. The minimum Gasteiger partial charge on any atom is -0.394 e. The van der Waals surface area contributed by atoms with Crippen molar-refractivity contribution in [3.63, 3.8) is 0 Å². The summed E-state index contributed by atoms with van der Waals surface area (Å²) in [7, 11) is 0. The van der Waals surface area contributed by atoms with E-state index in [2.05, 4.69) is 4.90 Å². The molecule has 1 atom stereocenters. The molecule has 0 spiro atoms. The quantitative estimate of drug-likeness (QED) is 0.713. The number of nitrogens with two attached hydrogens (primary N) is 1. The van der Waals surface area contributed by atoms with Gasteiger partial charge in [0.15, 0.2) is 0 Å². The fourth-order valence-corrected chi connectivity index (χ4v) is 2.03.